The molecule has 0 fully saturated rings. The Hall–Kier alpha value is -0.437. The summed E-state index contributed by atoms with van der Waals surface area (Å²) in [4.78, 5) is 19.7. The van der Waals surface area contributed by atoms with Crippen LogP contribution < -0.4 is 0 Å². The molecule has 0 unspecified atom stereocenters. The summed E-state index contributed by atoms with van der Waals surface area (Å²) in [5.41, 5.74) is -0.583. The Kier molecular flexibility index (Phi) is 10.9. The second-order valence-corrected chi connectivity index (χ2v) is 4.05. The average Bonchev–Trinajstić information content (AvgIpc) is 1.86. The zero-order valence-electron chi connectivity index (χ0n) is 9.50. The molecule has 0 radical (unpaired) electrons. The maximum absolute atomic E-state index is 10.0. The Morgan fingerprint density at radius 3 is 1.21 bits per heavy atom. The van der Waals surface area contributed by atoms with Crippen LogP contribution in [-0.4, -0.2) is 22.2 Å². The van der Waals surface area contributed by atoms with Gasteiger partial charge in [-0.2, -0.15) is 0 Å². The van der Waals surface area contributed by atoms with Crippen LogP contribution >= 0.6 is 0 Å². The van der Waals surface area contributed by atoms with Crippen molar-refractivity contribution in [3.8, 4) is 0 Å². The molecule has 80 valence electrons. The number of rotatable bonds is 1. The van der Waals surface area contributed by atoms with E-state index in [4.69, 9.17) is 10.2 Å². The van der Waals surface area contributed by atoms with Crippen molar-refractivity contribution in [1.82, 2.24) is 0 Å². The van der Waals surface area contributed by atoms with Gasteiger partial charge < -0.3 is 10.2 Å². The topological polar surface area (TPSA) is 74.6 Å². The zero-order valence-corrected chi connectivity index (χ0v) is 12.5. The molecule has 0 bridgehead atoms. The van der Waals surface area contributed by atoms with Gasteiger partial charge in [0.15, 0.2) is 0 Å². The van der Waals surface area contributed by atoms with Crippen molar-refractivity contribution in [3.05, 3.63) is 0 Å². The summed E-state index contributed by atoms with van der Waals surface area (Å²) in [7, 11) is 0. The Morgan fingerprint density at radius 2 is 1.21 bits per heavy atom. The minimum atomic E-state index is -0.757. The fourth-order valence-electron chi connectivity index (χ4n) is 0. The maximum Gasteiger partial charge on any atom is 0.308 e. The van der Waals surface area contributed by atoms with Gasteiger partial charge in [0.2, 0.25) is 0 Å². The molecule has 0 spiro atoms. The molecule has 0 aliphatic heterocycles. The van der Waals surface area contributed by atoms with Crippen molar-refractivity contribution in [1.29, 1.82) is 0 Å². The van der Waals surface area contributed by atoms with E-state index in [-0.39, 0.29) is 25.4 Å². The molecule has 0 rings (SSSR count). The standard InChI is InChI=1S/C5H10O2.C4H8O2.Zn/c1-5(2,3)4(6)7;1-3(2)4(5)6;/h1-3H3,(H,6,7);3H,1-2H3,(H,5,6);. The number of carboxylic acid groups (broad SMARTS) is 2. The molecule has 0 aliphatic rings. The van der Waals surface area contributed by atoms with Crippen LogP contribution in [-0.2, 0) is 29.1 Å². The first-order valence-electron chi connectivity index (χ1n) is 4.05. The quantitative estimate of drug-likeness (QED) is 0.701. The first-order chi connectivity index (χ1) is 5.59. The number of hydrogen-bond acceptors (Lipinski definition) is 2. The predicted molar refractivity (Wildman–Crippen MR) is 49.6 cm³/mol. The van der Waals surface area contributed by atoms with Crippen molar-refractivity contribution in [3.63, 3.8) is 0 Å². The summed E-state index contributed by atoms with van der Waals surface area (Å²) in [6.07, 6.45) is 0. The van der Waals surface area contributed by atoms with Crippen LogP contribution in [0, 0.1) is 11.3 Å². The van der Waals surface area contributed by atoms with Gasteiger partial charge in [-0.3, -0.25) is 9.59 Å². The fraction of sp³-hybridized carbons (Fsp3) is 0.778. The van der Waals surface area contributed by atoms with E-state index in [9.17, 15) is 9.59 Å². The normalized spacial score (nSPS) is 9.57. The van der Waals surface area contributed by atoms with E-state index in [0.29, 0.717) is 0 Å². The van der Waals surface area contributed by atoms with E-state index in [0.717, 1.165) is 0 Å². The van der Waals surface area contributed by atoms with E-state index in [1.807, 2.05) is 0 Å². The van der Waals surface area contributed by atoms with Gasteiger partial charge in [0, 0.05) is 19.5 Å². The molecule has 0 aromatic carbocycles. The average molecular weight is 256 g/mol. The van der Waals surface area contributed by atoms with Crippen LogP contribution in [0.2, 0.25) is 0 Å². The molecule has 2 N–H and O–H groups in total. The minimum Gasteiger partial charge on any atom is -0.481 e. The van der Waals surface area contributed by atoms with Gasteiger partial charge in [0.05, 0.1) is 11.3 Å². The summed E-state index contributed by atoms with van der Waals surface area (Å²) in [6, 6.07) is 0. The fourth-order valence-corrected chi connectivity index (χ4v) is 0. The molecule has 0 aromatic rings. The second-order valence-electron chi connectivity index (χ2n) is 4.05. The molecule has 0 saturated carbocycles. The second kappa shape index (κ2) is 7.92. The van der Waals surface area contributed by atoms with Crippen molar-refractivity contribution in [2.75, 3.05) is 0 Å². The Bertz CT molecular complexity index is 182. The van der Waals surface area contributed by atoms with E-state index in [1.54, 1.807) is 34.6 Å². The third kappa shape index (κ3) is 14.1. The Morgan fingerprint density at radius 1 is 1.07 bits per heavy atom. The SMILES string of the molecule is CC(C)(C)C(=O)O.CC(C)C(=O)O.[Zn]. The van der Waals surface area contributed by atoms with Crippen LogP contribution in [0.4, 0.5) is 0 Å². The monoisotopic (exact) mass is 254 g/mol. The van der Waals surface area contributed by atoms with Gasteiger partial charge in [0.1, 0.15) is 0 Å². The summed E-state index contributed by atoms with van der Waals surface area (Å²) < 4.78 is 0. The molecule has 0 aliphatic carbocycles. The van der Waals surface area contributed by atoms with Gasteiger partial charge in [-0.05, 0) is 20.8 Å². The van der Waals surface area contributed by atoms with Gasteiger partial charge in [-0.15, -0.1) is 0 Å². The van der Waals surface area contributed by atoms with Crippen LogP contribution in [0.1, 0.15) is 34.6 Å². The molecule has 0 saturated heterocycles. The van der Waals surface area contributed by atoms with Crippen molar-refractivity contribution >= 4 is 11.9 Å². The van der Waals surface area contributed by atoms with Crippen LogP contribution in [0.25, 0.3) is 0 Å². The molecule has 0 heterocycles. The molecular weight excluding hydrogens is 237 g/mol. The summed E-state index contributed by atoms with van der Waals surface area (Å²) in [5.74, 6) is -1.73. The van der Waals surface area contributed by atoms with E-state index in [1.165, 1.54) is 0 Å². The molecule has 4 nitrogen and oxygen atoms in total. The number of carboxylic acids is 2. The third-order valence-electron chi connectivity index (χ3n) is 1.14. The maximum atomic E-state index is 10.0. The summed E-state index contributed by atoms with van der Waals surface area (Å²) >= 11 is 0. The van der Waals surface area contributed by atoms with Crippen molar-refractivity contribution < 1.29 is 39.3 Å². The van der Waals surface area contributed by atoms with Crippen molar-refractivity contribution in [2.45, 2.75) is 34.6 Å². The first-order valence-corrected chi connectivity index (χ1v) is 4.05. The zero-order chi connectivity index (χ0) is 11.2. The molecule has 0 aromatic heterocycles. The Balaban J connectivity index is -0.000000163. The number of carbonyl (C=O) groups is 2. The van der Waals surface area contributed by atoms with E-state index in [2.05, 4.69) is 0 Å². The number of aliphatic carboxylic acids is 2. The molecule has 14 heavy (non-hydrogen) atoms. The van der Waals surface area contributed by atoms with Gasteiger partial charge in [-0.25, -0.2) is 0 Å². The smallest absolute Gasteiger partial charge is 0.308 e. The molecule has 5 heteroatoms. The predicted octanol–water partition coefficient (Wildman–Crippen LogP) is 1.84. The molecule has 0 atom stereocenters. The van der Waals surface area contributed by atoms with Gasteiger partial charge in [0.25, 0.3) is 0 Å². The van der Waals surface area contributed by atoms with E-state index < -0.39 is 17.4 Å². The van der Waals surface area contributed by atoms with Crippen LogP contribution in [0.15, 0.2) is 0 Å². The van der Waals surface area contributed by atoms with Crippen LogP contribution in [0.3, 0.4) is 0 Å². The summed E-state index contributed by atoms with van der Waals surface area (Å²) in [6.45, 7) is 8.27. The molecule has 0 amide bonds. The van der Waals surface area contributed by atoms with Crippen LogP contribution in [0.5, 0.6) is 0 Å². The minimum absolute atomic E-state index is 0. The number of hydrogen-bond donors (Lipinski definition) is 2. The van der Waals surface area contributed by atoms with Gasteiger partial charge >= 0.3 is 11.9 Å². The third-order valence-corrected chi connectivity index (χ3v) is 1.14. The largest absolute Gasteiger partial charge is 0.481 e. The van der Waals surface area contributed by atoms with Gasteiger partial charge in [-0.1, -0.05) is 13.8 Å². The molecular formula is C9H18O4Zn. The van der Waals surface area contributed by atoms with E-state index >= 15 is 0 Å². The van der Waals surface area contributed by atoms with Crippen molar-refractivity contribution in [2.24, 2.45) is 11.3 Å². The first kappa shape index (κ1) is 19.2. The Labute approximate surface area is 97.5 Å². The summed E-state index contributed by atoms with van der Waals surface area (Å²) in [5, 5.41) is 16.2.